The fourth-order valence-corrected chi connectivity index (χ4v) is 4.11. The summed E-state index contributed by atoms with van der Waals surface area (Å²) in [5, 5.41) is 7.10. The molecule has 11 heteroatoms. The normalized spacial score (nSPS) is 14.8. The average Bonchev–Trinajstić information content (AvgIpc) is 3.56. The van der Waals surface area contributed by atoms with Crippen LogP contribution in [0.5, 0.6) is 17.2 Å². The highest BCUT2D eigenvalue weighted by atomic mass is 16.6. The van der Waals surface area contributed by atoms with Gasteiger partial charge in [0.05, 0.1) is 11.8 Å². The molecule has 3 heterocycles. The molecule has 11 nitrogen and oxygen atoms in total. The zero-order chi connectivity index (χ0) is 26.6. The maximum atomic E-state index is 13.0. The number of nitrogens with two attached hydrogens (primary N) is 2. The molecule has 0 spiro atoms. The minimum absolute atomic E-state index is 0.133. The van der Waals surface area contributed by atoms with Gasteiger partial charge in [-0.05, 0) is 61.0 Å². The summed E-state index contributed by atoms with van der Waals surface area (Å²) in [6.07, 6.45) is 5.22. The number of rotatable bonds is 6. The second kappa shape index (κ2) is 10.5. The number of aryl methyl sites for hydroxylation is 1. The second-order valence-electron chi connectivity index (χ2n) is 8.98. The van der Waals surface area contributed by atoms with E-state index in [4.69, 9.17) is 20.9 Å². The number of benzene rings is 2. The zero-order valence-corrected chi connectivity index (χ0v) is 20.7. The standard InChI is InChI=1S/C27H27N7O4/c1-33-15-18(14-31-33)17-12-24(25(29)30-13-17)26(35)32-20-10-11-34(16-20)27(36)38-23-8-6-22(7-9-23)37-21-4-2-19(28)3-5-21/h2-9,12-15,20H,10-11,16,28H2,1H3,(H2,29,30)(H,32,35)/t20-/m1/s1. The molecular formula is C27H27N7O4. The molecule has 2 aromatic heterocycles. The molecule has 1 aliphatic rings. The van der Waals surface area contributed by atoms with Gasteiger partial charge in [-0.1, -0.05) is 0 Å². The van der Waals surface area contributed by atoms with Gasteiger partial charge < -0.3 is 31.2 Å². The third-order valence-electron chi connectivity index (χ3n) is 6.13. The molecule has 0 saturated carbocycles. The van der Waals surface area contributed by atoms with E-state index in [0.717, 1.165) is 11.1 Å². The number of hydrogen-bond acceptors (Lipinski definition) is 8. The minimum Gasteiger partial charge on any atom is -0.457 e. The van der Waals surface area contributed by atoms with Crippen LogP contribution in [0.4, 0.5) is 16.3 Å². The topological polar surface area (TPSA) is 151 Å². The molecule has 5 rings (SSSR count). The third kappa shape index (κ3) is 5.67. The van der Waals surface area contributed by atoms with Gasteiger partial charge in [0, 0.05) is 55.4 Å². The molecule has 38 heavy (non-hydrogen) atoms. The molecule has 1 atom stereocenters. The van der Waals surface area contributed by atoms with Crippen LogP contribution in [0, 0.1) is 0 Å². The number of anilines is 2. The van der Waals surface area contributed by atoms with Crippen LogP contribution in [-0.2, 0) is 7.05 Å². The Kier molecular flexibility index (Phi) is 6.81. The van der Waals surface area contributed by atoms with Gasteiger partial charge in [-0.25, -0.2) is 9.78 Å². The highest BCUT2D eigenvalue weighted by Crippen LogP contribution is 2.26. The van der Waals surface area contributed by atoms with Crippen LogP contribution in [0.2, 0.25) is 0 Å². The van der Waals surface area contributed by atoms with Gasteiger partial charge in [0.15, 0.2) is 0 Å². The van der Waals surface area contributed by atoms with Crippen LogP contribution >= 0.6 is 0 Å². The Balaban J connectivity index is 1.15. The van der Waals surface area contributed by atoms with E-state index in [0.29, 0.717) is 42.4 Å². The van der Waals surface area contributed by atoms with Crippen molar-refractivity contribution in [2.24, 2.45) is 7.05 Å². The number of aromatic nitrogens is 3. The Morgan fingerprint density at radius 1 is 0.974 bits per heavy atom. The van der Waals surface area contributed by atoms with E-state index in [-0.39, 0.29) is 23.3 Å². The molecule has 2 aromatic carbocycles. The average molecular weight is 514 g/mol. The Bertz CT molecular complexity index is 1450. The number of carbonyl (C=O) groups excluding carboxylic acids is 2. The van der Waals surface area contributed by atoms with E-state index < -0.39 is 6.09 Å². The Hall–Kier alpha value is -5.06. The van der Waals surface area contributed by atoms with Gasteiger partial charge in [-0.15, -0.1) is 0 Å². The molecular weight excluding hydrogens is 486 g/mol. The molecule has 0 bridgehead atoms. The van der Waals surface area contributed by atoms with E-state index in [1.165, 1.54) is 0 Å². The largest absolute Gasteiger partial charge is 0.457 e. The van der Waals surface area contributed by atoms with Crippen molar-refractivity contribution < 1.29 is 19.1 Å². The lowest BCUT2D eigenvalue weighted by Gasteiger charge is -2.17. The van der Waals surface area contributed by atoms with Crippen molar-refractivity contribution in [3.8, 4) is 28.4 Å². The summed E-state index contributed by atoms with van der Waals surface area (Å²) in [7, 11) is 1.81. The summed E-state index contributed by atoms with van der Waals surface area (Å²) in [6, 6.07) is 15.2. The summed E-state index contributed by atoms with van der Waals surface area (Å²) in [4.78, 5) is 31.4. The van der Waals surface area contributed by atoms with Crippen molar-refractivity contribution in [2.45, 2.75) is 12.5 Å². The summed E-state index contributed by atoms with van der Waals surface area (Å²) in [5.41, 5.74) is 14.2. The van der Waals surface area contributed by atoms with Crippen molar-refractivity contribution in [1.29, 1.82) is 0 Å². The first kappa shape index (κ1) is 24.6. The summed E-state index contributed by atoms with van der Waals surface area (Å²) in [5.74, 6) is 1.42. The molecule has 0 radical (unpaired) electrons. The van der Waals surface area contributed by atoms with E-state index in [1.807, 2.05) is 13.2 Å². The maximum Gasteiger partial charge on any atom is 0.415 e. The van der Waals surface area contributed by atoms with Crippen molar-refractivity contribution in [2.75, 3.05) is 24.6 Å². The van der Waals surface area contributed by atoms with Gasteiger partial charge in [-0.3, -0.25) is 9.48 Å². The molecule has 0 unspecified atom stereocenters. The van der Waals surface area contributed by atoms with Crippen molar-refractivity contribution >= 4 is 23.5 Å². The lowest BCUT2D eigenvalue weighted by molar-refractivity contribution is 0.0937. The molecule has 1 saturated heterocycles. The second-order valence-corrected chi connectivity index (χ2v) is 8.98. The summed E-state index contributed by atoms with van der Waals surface area (Å²) < 4.78 is 12.9. The van der Waals surface area contributed by atoms with Crippen molar-refractivity contribution in [3.05, 3.63) is 78.8 Å². The van der Waals surface area contributed by atoms with Gasteiger partial charge >= 0.3 is 6.09 Å². The number of likely N-dealkylation sites (tertiary alicyclic amines) is 1. The third-order valence-corrected chi connectivity index (χ3v) is 6.13. The monoisotopic (exact) mass is 513 g/mol. The first-order valence-corrected chi connectivity index (χ1v) is 12.0. The van der Waals surface area contributed by atoms with E-state index in [2.05, 4.69) is 15.4 Å². The number of nitrogens with one attached hydrogen (secondary N) is 1. The Labute approximate surface area is 219 Å². The quantitative estimate of drug-likeness (QED) is 0.332. The molecule has 1 aliphatic heterocycles. The van der Waals surface area contributed by atoms with E-state index in [9.17, 15) is 9.59 Å². The van der Waals surface area contributed by atoms with Crippen molar-refractivity contribution in [3.63, 3.8) is 0 Å². The van der Waals surface area contributed by atoms with Gasteiger partial charge in [0.2, 0.25) is 0 Å². The number of pyridine rings is 1. The molecule has 2 amide bonds. The van der Waals surface area contributed by atoms with Crippen LogP contribution in [0.25, 0.3) is 11.1 Å². The van der Waals surface area contributed by atoms with Crippen LogP contribution in [0.1, 0.15) is 16.8 Å². The Morgan fingerprint density at radius 3 is 2.34 bits per heavy atom. The minimum atomic E-state index is -0.492. The maximum absolute atomic E-state index is 13.0. The Morgan fingerprint density at radius 2 is 1.66 bits per heavy atom. The number of hydrogen-bond donors (Lipinski definition) is 3. The van der Waals surface area contributed by atoms with Crippen LogP contribution in [-0.4, -0.2) is 50.8 Å². The molecule has 0 aliphatic carbocycles. The smallest absolute Gasteiger partial charge is 0.415 e. The van der Waals surface area contributed by atoms with Crippen LogP contribution in [0.3, 0.4) is 0 Å². The number of nitrogens with zero attached hydrogens (tertiary/aromatic N) is 4. The van der Waals surface area contributed by atoms with Gasteiger partial charge in [0.1, 0.15) is 23.1 Å². The fourth-order valence-electron chi connectivity index (χ4n) is 4.11. The first-order valence-electron chi connectivity index (χ1n) is 12.0. The lowest BCUT2D eigenvalue weighted by atomic mass is 10.1. The summed E-state index contributed by atoms with van der Waals surface area (Å²) >= 11 is 0. The number of carbonyl (C=O) groups is 2. The molecule has 1 fully saturated rings. The van der Waals surface area contributed by atoms with Crippen molar-refractivity contribution in [1.82, 2.24) is 25.0 Å². The molecule has 4 aromatic rings. The van der Waals surface area contributed by atoms with Crippen LogP contribution in [0.15, 0.2) is 73.2 Å². The highest BCUT2D eigenvalue weighted by Gasteiger charge is 2.29. The number of amides is 2. The number of ether oxygens (including phenoxy) is 2. The van der Waals surface area contributed by atoms with Gasteiger partial charge in [0.25, 0.3) is 5.91 Å². The summed E-state index contributed by atoms with van der Waals surface area (Å²) in [6.45, 7) is 0.768. The zero-order valence-electron chi connectivity index (χ0n) is 20.7. The lowest BCUT2D eigenvalue weighted by Crippen LogP contribution is -2.39. The molecule has 194 valence electrons. The SMILES string of the molecule is Cn1cc(-c2cnc(N)c(C(=O)N[C@@H]3CCN(C(=O)Oc4ccc(Oc5ccc(N)cc5)cc4)C3)c2)cn1. The van der Waals surface area contributed by atoms with Crippen LogP contribution < -0.4 is 26.3 Å². The van der Waals surface area contributed by atoms with E-state index in [1.54, 1.807) is 76.6 Å². The predicted octanol–water partition coefficient (Wildman–Crippen LogP) is 3.44. The highest BCUT2D eigenvalue weighted by molar-refractivity contribution is 5.99. The predicted molar refractivity (Wildman–Crippen MR) is 142 cm³/mol. The van der Waals surface area contributed by atoms with Gasteiger partial charge in [-0.2, -0.15) is 5.10 Å². The first-order chi connectivity index (χ1) is 18.3. The molecule has 5 N–H and O–H groups in total. The number of nitrogen functional groups attached to an aromatic ring is 2. The van der Waals surface area contributed by atoms with E-state index >= 15 is 0 Å². The fraction of sp³-hybridized carbons (Fsp3) is 0.185.